The number of guanidine groups is 1. The summed E-state index contributed by atoms with van der Waals surface area (Å²) in [6.07, 6.45) is 4.50. The molecule has 7 heteroatoms. The Morgan fingerprint density at radius 2 is 2.25 bits per heavy atom. The van der Waals surface area contributed by atoms with Crippen molar-refractivity contribution in [3.8, 4) is 0 Å². The third-order valence-corrected chi connectivity index (χ3v) is 1.64. The van der Waals surface area contributed by atoms with Crippen molar-refractivity contribution in [1.82, 2.24) is 16.0 Å². The molecule has 88 valence electrons. The molecule has 1 aliphatic rings. The lowest BCUT2D eigenvalue weighted by atomic mass is 10.6. The maximum absolute atomic E-state index is 11.0. The zero-order valence-corrected chi connectivity index (χ0v) is 9.06. The molecule has 0 unspecified atom stereocenters. The summed E-state index contributed by atoms with van der Waals surface area (Å²) in [4.78, 5) is 19.1. The third kappa shape index (κ3) is 5.11. The lowest BCUT2D eigenvalue weighted by molar-refractivity contribution is -0.118. The second-order valence-electron chi connectivity index (χ2n) is 2.88. The Kier molecular flexibility index (Phi) is 5.64. The minimum Gasteiger partial charge on any atom is -0.383 e. The summed E-state index contributed by atoms with van der Waals surface area (Å²) in [5.74, 6) is 0.379. The zero-order valence-electron chi connectivity index (χ0n) is 9.06. The summed E-state index contributed by atoms with van der Waals surface area (Å²) in [5.41, 5.74) is 0. The smallest absolute Gasteiger partial charge is 0.245 e. The van der Waals surface area contributed by atoms with Crippen molar-refractivity contribution >= 4 is 18.2 Å². The molecule has 7 nitrogen and oxygen atoms in total. The first-order chi connectivity index (χ1) is 7.83. The number of rotatable bonds is 3. The van der Waals surface area contributed by atoms with Crippen LogP contribution in [0.3, 0.4) is 0 Å². The van der Waals surface area contributed by atoms with Gasteiger partial charge in [-0.05, 0) is 0 Å². The molecule has 0 radical (unpaired) electrons. The number of nitrogens with zero attached hydrogens (tertiary/aromatic N) is 2. The van der Waals surface area contributed by atoms with E-state index in [9.17, 15) is 4.79 Å². The number of ether oxygens (including phenoxy) is 1. The van der Waals surface area contributed by atoms with Crippen molar-refractivity contribution in [2.24, 2.45) is 9.98 Å². The van der Waals surface area contributed by atoms with Gasteiger partial charge in [0.05, 0.1) is 19.5 Å². The Morgan fingerprint density at radius 1 is 1.44 bits per heavy atom. The minimum absolute atomic E-state index is 0.0860. The van der Waals surface area contributed by atoms with Crippen molar-refractivity contribution in [3.63, 3.8) is 0 Å². The van der Waals surface area contributed by atoms with Gasteiger partial charge in [-0.3, -0.25) is 14.8 Å². The summed E-state index contributed by atoms with van der Waals surface area (Å²) in [5, 5.41) is 8.23. The van der Waals surface area contributed by atoms with E-state index >= 15 is 0 Å². The maximum Gasteiger partial charge on any atom is 0.245 e. The summed E-state index contributed by atoms with van der Waals surface area (Å²) in [7, 11) is 1.62. The van der Waals surface area contributed by atoms with Gasteiger partial charge in [0.1, 0.15) is 6.54 Å². The van der Waals surface area contributed by atoms with Crippen molar-refractivity contribution in [3.05, 3.63) is 12.4 Å². The Bertz CT molecular complexity index is 289. The molecule has 1 heterocycles. The van der Waals surface area contributed by atoms with Gasteiger partial charge in [0.25, 0.3) is 0 Å². The second kappa shape index (κ2) is 7.41. The van der Waals surface area contributed by atoms with Gasteiger partial charge in [0.15, 0.2) is 0 Å². The molecule has 0 aromatic heterocycles. The zero-order chi connectivity index (χ0) is 11.6. The third-order valence-electron chi connectivity index (χ3n) is 1.64. The molecule has 0 aromatic carbocycles. The molecule has 0 spiro atoms. The largest absolute Gasteiger partial charge is 0.383 e. The van der Waals surface area contributed by atoms with E-state index in [4.69, 9.17) is 4.74 Å². The van der Waals surface area contributed by atoms with E-state index in [1.807, 2.05) is 0 Å². The van der Waals surface area contributed by atoms with E-state index in [1.54, 1.807) is 13.3 Å². The fraction of sp³-hybridized carbons (Fsp3) is 0.444. The first-order valence-electron chi connectivity index (χ1n) is 4.82. The summed E-state index contributed by atoms with van der Waals surface area (Å²) in [6.45, 7) is 1.17. The van der Waals surface area contributed by atoms with Gasteiger partial charge in [-0.1, -0.05) is 0 Å². The number of hydrogen-bond acceptors (Lipinski definition) is 4. The Labute approximate surface area is 93.7 Å². The molecule has 0 saturated heterocycles. The van der Waals surface area contributed by atoms with Gasteiger partial charge >= 0.3 is 0 Å². The first-order valence-corrected chi connectivity index (χ1v) is 4.82. The van der Waals surface area contributed by atoms with Crippen LogP contribution in [0.1, 0.15) is 0 Å². The topological polar surface area (TPSA) is 87.1 Å². The number of nitrogens with one attached hydrogen (secondary N) is 3. The highest BCUT2D eigenvalue weighted by Gasteiger charge is 1.97. The molecule has 0 fully saturated rings. The van der Waals surface area contributed by atoms with Gasteiger partial charge in [-0.25, -0.2) is 0 Å². The number of hydrogen-bond donors (Lipinski definition) is 3. The van der Waals surface area contributed by atoms with Crippen molar-refractivity contribution in [2.75, 3.05) is 26.8 Å². The molecule has 3 N–H and O–H groups in total. The minimum atomic E-state index is -0.170. The molecule has 1 amide bonds. The van der Waals surface area contributed by atoms with Gasteiger partial charge in [-0.15, -0.1) is 0 Å². The monoisotopic (exact) mass is 225 g/mol. The Balaban J connectivity index is 2.51. The highest BCUT2D eigenvalue weighted by Crippen LogP contribution is 1.77. The lowest BCUT2D eigenvalue weighted by Crippen LogP contribution is -2.35. The van der Waals surface area contributed by atoms with Crippen LogP contribution in [0.2, 0.25) is 0 Å². The van der Waals surface area contributed by atoms with Gasteiger partial charge < -0.3 is 20.7 Å². The SMILES string of the molecule is COCCN=C1NC=NCC(=O)N/C=C/N1. The van der Waals surface area contributed by atoms with Crippen LogP contribution in [-0.4, -0.2) is 45.0 Å². The lowest BCUT2D eigenvalue weighted by Gasteiger charge is -2.07. The maximum atomic E-state index is 11.0. The number of carbonyl (C=O) groups excluding carboxylic acids is 1. The molecule has 0 saturated carbocycles. The summed E-state index contributed by atoms with van der Waals surface area (Å²) < 4.78 is 4.88. The van der Waals surface area contributed by atoms with E-state index in [-0.39, 0.29) is 12.5 Å². The number of aliphatic imine (C=N–C) groups is 2. The average molecular weight is 225 g/mol. The van der Waals surface area contributed by atoms with Crippen LogP contribution in [0.15, 0.2) is 22.4 Å². The van der Waals surface area contributed by atoms with E-state index in [1.165, 1.54) is 12.5 Å². The average Bonchev–Trinajstić information content (AvgIpc) is 2.29. The fourth-order valence-electron chi connectivity index (χ4n) is 0.918. The molecule has 1 aliphatic heterocycles. The number of carbonyl (C=O) groups is 1. The highest BCUT2D eigenvalue weighted by molar-refractivity contribution is 5.91. The molecule has 0 atom stereocenters. The normalized spacial score (nSPS) is 20.8. The molecule has 0 aliphatic carbocycles. The molecular formula is C9H15N5O2. The van der Waals surface area contributed by atoms with Crippen molar-refractivity contribution in [1.29, 1.82) is 0 Å². The Hall–Kier alpha value is -1.89. The standard InChI is InChI=1S/C9H15N5O2/c1-16-5-4-13-9-12-3-2-11-8(15)6-10-7-14-9/h2-3,7H,4-6H2,1H3,(H,11,15)(H2,10,12,13,14)/b3-2+. The molecule has 16 heavy (non-hydrogen) atoms. The molecule has 1 rings (SSSR count). The van der Waals surface area contributed by atoms with Crippen molar-refractivity contribution in [2.45, 2.75) is 0 Å². The van der Waals surface area contributed by atoms with Crippen LogP contribution in [0.5, 0.6) is 0 Å². The molecule has 0 bridgehead atoms. The predicted octanol–water partition coefficient (Wildman–Crippen LogP) is -1.20. The van der Waals surface area contributed by atoms with Crippen molar-refractivity contribution < 1.29 is 9.53 Å². The fourth-order valence-corrected chi connectivity index (χ4v) is 0.918. The predicted molar refractivity (Wildman–Crippen MR) is 61.1 cm³/mol. The molecular weight excluding hydrogens is 210 g/mol. The van der Waals surface area contributed by atoms with Gasteiger partial charge in [0, 0.05) is 19.5 Å². The van der Waals surface area contributed by atoms with Gasteiger partial charge in [0.2, 0.25) is 11.9 Å². The van der Waals surface area contributed by atoms with Crippen LogP contribution < -0.4 is 16.0 Å². The Morgan fingerprint density at radius 3 is 3.06 bits per heavy atom. The van der Waals surface area contributed by atoms with Gasteiger partial charge in [-0.2, -0.15) is 0 Å². The van der Waals surface area contributed by atoms with Crippen LogP contribution in [0.25, 0.3) is 0 Å². The number of methoxy groups -OCH3 is 1. The van der Waals surface area contributed by atoms with E-state index < -0.39 is 0 Å². The van der Waals surface area contributed by atoms with Crippen LogP contribution in [-0.2, 0) is 9.53 Å². The first kappa shape index (κ1) is 12.2. The van der Waals surface area contributed by atoms with E-state index in [2.05, 4.69) is 25.9 Å². The van der Waals surface area contributed by atoms with Crippen LogP contribution >= 0.6 is 0 Å². The summed E-state index contributed by atoms with van der Waals surface area (Å²) in [6, 6.07) is 0. The van der Waals surface area contributed by atoms with Crippen LogP contribution in [0.4, 0.5) is 0 Å². The summed E-state index contributed by atoms with van der Waals surface area (Å²) >= 11 is 0. The van der Waals surface area contributed by atoms with E-state index in [0.717, 1.165) is 0 Å². The second-order valence-corrected chi connectivity index (χ2v) is 2.88. The quantitative estimate of drug-likeness (QED) is 0.526. The van der Waals surface area contributed by atoms with E-state index in [0.29, 0.717) is 19.1 Å². The van der Waals surface area contributed by atoms with Crippen LogP contribution in [0, 0.1) is 0 Å². The highest BCUT2D eigenvalue weighted by atomic mass is 16.5. The number of amides is 1. The molecule has 0 aromatic rings.